The molecule has 0 unspecified atom stereocenters. The third kappa shape index (κ3) is 3.75. The van der Waals surface area contributed by atoms with E-state index in [1.807, 2.05) is 55.8 Å². The van der Waals surface area contributed by atoms with Crippen LogP contribution in [-0.4, -0.2) is 16.5 Å². The second-order valence-electron chi connectivity index (χ2n) is 5.47. The Bertz CT molecular complexity index is 772. The Morgan fingerprint density at radius 2 is 1.91 bits per heavy atom. The molecule has 0 bridgehead atoms. The Morgan fingerprint density at radius 3 is 2.50 bits per heavy atom. The van der Waals surface area contributed by atoms with Gasteiger partial charge in [-0.3, -0.25) is 4.90 Å². The predicted molar refractivity (Wildman–Crippen MR) is 92.4 cm³/mol. The van der Waals surface area contributed by atoms with Crippen molar-refractivity contribution in [2.45, 2.75) is 27.1 Å². The first kappa shape index (κ1) is 16.7. The van der Waals surface area contributed by atoms with Crippen LogP contribution in [-0.2, 0) is 13.2 Å². The molecule has 1 heterocycles. The van der Waals surface area contributed by atoms with Crippen molar-refractivity contribution in [2.24, 2.45) is 0 Å². The number of benzene rings is 1. The molecular weight excluding hydrogens is 314 g/mol. The molecule has 1 aromatic carbocycles. The summed E-state index contributed by atoms with van der Waals surface area (Å²) in [5.41, 5.74) is 3.76. The highest BCUT2D eigenvalue weighted by atomic mass is 35.5. The summed E-state index contributed by atoms with van der Waals surface area (Å²) in [6.45, 7) is 5.36. The molecule has 1 aromatic heterocycles. The summed E-state index contributed by atoms with van der Waals surface area (Å²) in [6, 6.07) is 12.0. The maximum atomic E-state index is 9.25. The first-order valence-electron chi connectivity index (χ1n) is 6.96. The number of hydrogen-bond acceptors (Lipinski definition) is 3. The van der Waals surface area contributed by atoms with E-state index >= 15 is 0 Å². The van der Waals surface area contributed by atoms with Gasteiger partial charge < -0.3 is 4.57 Å². The van der Waals surface area contributed by atoms with E-state index < -0.39 is 0 Å². The third-order valence-corrected chi connectivity index (χ3v) is 4.24. The fraction of sp³-hybridized carbons (Fsp3) is 0.294. The maximum absolute atomic E-state index is 9.25. The van der Waals surface area contributed by atoms with Gasteiger partial charge in [-0.15, -0.1) is 0 Å². The van der Waals surface area contributed by atoms with Gasteiger partial charge in [0, 0.05) is 17.3 Å². The maximum Gasteiger partial charge on any atom is 0.125 e. The number of aryl methyl sites for hydroxylation is 2. The van der Waals surface area contributed by atoms with E-state index in [1.165, 1.54) is 5.56 Å². The van der Waals surface area contributed by atoms with Crippen molar-refractivity contribution in [3.63, 3.8) is 0 Å². The van der Waals surface area contributed by atoms with Crippen molar-refractivity contribution in [3.05, 3.63) is 62.4 Å². The summed E-state index contributed by atoms with van der Waals surface area (Å²) < 4.78 is 2.60. The van der Waals surface area contributed by atoms with Crippen LogP contribution >= 0.6 is 23.8 Å². The van der Waals surface area contributed by atoms with Crippen LogP contribution in [0.3, 0.4) is 0 Å². The molecule has 3 nitrogen and oxygen atoms in total. The lowest BCUT2D eigenvalue weighted by Crippen LogP contribution is -2.24. The van der Waals surface area contributed by atoms with Crippen LogP contribution in [0, 0.1) is 29.8 Å². The minimum Gasteiger partial charge on any atom is -0.322 e. The number of nitriles is 1. The number of aromatic nitrogens is 1. The smallest absolute Gasteiger partial charge is 0.125 e. The van der Waals surface area contributed by atoms with Crippen LogP contribution in [0.25, 0.3) is 0 Å². The van der Waals surface area contributed by atoms with Gasteiger partial charge in [0.2, 0.25) is 0 Å². The SMILES string of the molecule is Cc1cc(C)n(CN(C)Cc2ccc(Cl)cc2)c(=S)c1C#N. The van der Waals surface area contributed by atoms with Crippen molar-refractivity contribution < 1.29 is 0 Å². The molecule has 0 amide bonds. The molecule has 0 radical (unpaired) electrons. The van der Waals surface area contributed by atoms with Gasteiger partial charge in [-0.25, -0.2) is 0 Å². The fourth-order valence-corrected chi connectivity index (χ4v) is 2.97. The van der Waals surface area contributed by atoms with Gasteiger partial charge in [-0.05, 0) is 50.2 Å². The summed E-state index contributed by atoms with van der Waals surface area (Å²) in [4.78, 5) is 2.16. The number of pyridine rings is 1. The standard InChI is InChI=1S/C17H18ClN3S/c1-12-8-13(2)21(17(22)16(12)9-19)11-20(3)10-14-4-6-15(18)7-5-14/h4-8H,10-11H2,1-3H3. The van der Waals surface area contributed by atoms with Crippen LogP contribution in [0.2, 0.25) is 5.02 Å². The van der Waals surface area contributed by atoms with E-state index in [4.69, 9.17) is 23.8 Å². The third-order valence-electron chi connectivity index (χ3n) is 3.56. The average molecular weight is 332 g/mol. The van der Waals surface area contributed by atoms with Gasteiger partial charge in [0.25, 0.3) is 0 Å². The lowest BCUT2D eigenvalue weighted by molar-refractivity contribution is 0.255. The molecule has 0 aliphatic carbocycles. The summed E-state index contributed by atoms with van der Waals surface area (Å²) in [5.74, 6) is 0. The zero-order chi connectivity index (χ0) is 16.3. The first-order chi connectivity index (χ1) is 10.4. The number of halogens is 1. The van der Waals surface area contributed by atoms with Gasteiger partial charge in [0.05, 0.1) is 12.2 Å². The average Bonchev–Trinajstić information content (AvgIpc) is 2.46. The summed E-state index contributed by atoms with van der Waals surface area (Å²) in [7, 11) is 2.03. The van der Waals surface area contributed by atoms with E-state index in [0.717, 1.165) is 22.8 Å². The monoisotopic (exact) mass is 331 g/mol. The van der Waals surface area contributed by atoms with Crippen LogP contribution in [0.1, 0.15) is 22.4 Å². The number of nitrogens with zero attached hydrogens (tertiary/aromatic N) is 3. The van der Waals surface area contributed by atoms with Gasteiger partial charge in [0.1, 0.15) is 10.7 Å². The van der Waals surface area contributed by atoms with Crippen molar-refractivity contribution in [1.82, 2.24) is 9.47 Å². The normalized spacial score (nSPS) is 10.7. The minimum absolute atomic E-state index is 0.584. The minimum atomic E-state index is 0.584. The highest BCUT2D eigenvalue weighted by molar-refractivity contribution is 7.71. The van der Waals surface area contributed by atoms with Crippen LogP contribution in [0.5, 0.6) is 0 Å². The molecular formula is C17H18ClN3S. The topological polar surface area (TPSA) is 32.0 Å². The number of rotatable bonds is 4. The summed E-state index contributed by atoms with van der Waals surface area (Å²) in [6.07, 6.45) is 0. The second-order valence-corrected chi connectivity index (χ2v) is 6.29. The molecule has 2 aromatic rings. The zero-order valence-corrected chi connectivity index (χ0v) is 14.5. The van der Waals surface area contributed by atoms with Gasteiger partial charge in [-0.2, -0.15) is 5.26 Å². The van der Waals surface area contributed by atoms with Crippen molar-refractivity contribution in [1.29, 1.82) is 5.26 Å². The molecule has 0 fully saturated rings. The highest BCUT2D eigenvalue weighted by Crippen LogP contribution is 2.15. The Morgan fingerprint density at radius 1 is 1.27 bits per heavy atom. The van der Waals surface area contributed by atoms with Crippen LogP contribution < -0.4 is 0 Å². The van der Waals surface area contributed by atoms with E-state index in [-0.39, 0.29) is 0 Å². The second kappa shape index (κ2) is 7.06. The lowest BCUT2D eigenvalue weighted by Gasteiger charge is -2.21. The largest absolute Gasteiger partial charge is 0.322 e. The molecule has 5 heteroatoms. The van der Waals surface area contributed by atoms with Crippen molar-refractivity contribution in [2.75, 3.05) is 7.05 Å². The van der Waals surface area contributed by atoms with Gasteiger partial charge in [-0.1, -0.05) is 36.0 Å². The summed E-state index contributed by atoms with van der Waals surface area (Å²) in [5, 5.41) is 9.99. The van der Waals surface area contributed by atoms with Gasteiger partial charge in [0.15, 0.2) is 0 Å². The molecule has 22 heavy (non-hydrogen) atoms. The van der Waals surface area contributed by atoms with E-state index in [2.05, 4.69) is 11.0 Å². The van der Waals surface area contributed by atoms with Crippen molar-refractivity contribution >= 4 is 23.8 Å². The Labute approximate surface area is 141 Å². The first-order valence-corrected chi connectivity index (χ1v) is 7.75. The summed E-state index contributed by atoms with van der Waals surface area (Å²) >= 11 is 11.4. The molecule has 2 rings (SSSR count). The van der Waals surface area contributed by atoms with Gasteiger partial charge >= 0.3 is 0 Å². The highest BCUT2D eigenvalue weighted by Gasteiger charge is 2.09. The molecule has 0 saturated carbocycles. The quantitative estimate of drug-likeness (QED) is 0.776. The van der Waals surface area contributed by atoms with E-state index in [0.29, 0.717) is 16.9 Å². The van der Waals surface area contributed by atoms with Crippen LogP contribution in [0.15, 0.2) is 30.3 Å². The molecule has 0 aliphatic rings. The van der Waals surface area contributed by atoms with E-state index in [9.17, 15) is 5.26 Å². The number of hydrogen-bond donors (Lipinski definition) is 0. The zero-order valence-electron chi connectivity index (χ0n) is 12.9. The Hall–Kier alpha value is -1.67. The van der Waals surface area contributed by atoms with Crippen LogP contribution in [0.4, 0.5) is 0 Å². The molecule has 0 saturated heterocycles. The molecule has 0 N–H and O–H groups in total. The van der Waals surface area contributed by atoms with E-state index in [1.54, 1.807) is 0 Å². The lowest BCUT2D eigenvalue weighted by atomic mass is 10.1. The Kier molecular flexibility index (Phi) is 5.36. The predicted octanol–water partition coefficient (Wildman–Crippen LogP) is 4.45. The Balaban J connectivity index is 2.22. The molecule has 0 spiro atoms. The molecule has 0 atom stereocenters. The fourth-order valence-electron chi connectivity index (χ4n) is 2.43. The molecule has 0 aliphatic heterocycles. The molecule has 114 valence electrons. The van der Waals surface area contributed by atoms with Crippen molar-refractivity contribution in [3.8, 4) is 6.07 Å².